The first-order valence-electron chi connectivity index (χ1n) is 7.44. The molecule has 0 atom stereocenters. The van der Waals surface area contributed by atoms with Crippen molar-refractivity contribution in [2.75, 3.05) is 5.73 Å². The number of rotatable bonds is 3. The highest BCUT2D eigenvalue weighted by atomic mass is 15.1. The van der Waals surface area contributed by atoms with Crippen LogP contribution in [0.5, 0.6) is 0 Å². The van der Waals surface area contributed by atoms with E-state index in [4.69, 9.17) is 10.7 Å². The molecule has 0 unspecified atom stereocenters. The molecule has 0 aliphatic carbocycles. The maximum Gasteiger partial charge on any atom is 0.141 e. The van der Waals surface area contributed by atoms with E-state index in [1.165, 1.54) is 11.1 Å². The van der Waals surface area contributed by atoms with Crippen LogP contribution in [-0.4, -0.2) is 9.55 Å². The summed E-state index contributed by atoms with van der Waals surface area (Å²) in [7, 11) is 0. The van der Waals surface area contributed by atoms with Crippen LogP contribution in [0.3, 0.4) is 0 Å². The molecule has 0 fully saturated rings. The molecular formula is C18H21N3. The van der Waals surface area contributed by atoms with Gasteiger partial charge in [-0.1, -0.05) is 25.1 Å². The summed E-state index contributed by atoms with van der Waals surface area (Å²) in [5.74, 6) is 1.02. The van der Waals surface area contributed by atoms with Crippen molar-refractivity contribution < 1.29 is 0 Å². The molecule has 3 heteroatoms. The molecular weight excluding hydrogens is 258 g/mol. The van der Waals surface area contributed by atoms with Gasteiger partial charge in [0.05, 0.1) is 11.0 Å². The molecule has 0 bridgehead atoms. The lowest BCUT2D eigenvalue weighted by atomic mass is 10.1. The van der Waals surface area contributed by atoms with Gasteiger partial charge in [0.1, 0.15) is 5.82 Å². The molecule has 1 aromatic heterocycles. The molecule has 3 aromatic rings. The molecule has 0 aliphatic heterocycles. The third-order valence-electron chi connectivity index (χ3n) is 3.97. The Labute approximate surface area is 125 Å². The fourth-order valence-corrected chi connectivity index (χ4v) is 2.79. The Morgan fingerprint density at radius 2 is 1.95 bits per heavy atom. The summed E-state index contributed by atoms with van der Waals surface area (Å²) in [5.41, 5.74) is 12.6. The van der Waals surface area contributed by atoms with Gasteiger partial charge in [0.2, 0.25) is 0 Å². The number of nitrogen functional groups attached to an aromatic ring is 1. The minimum Gasteiger partial charge on any atom is -0.398 e. The molecule has 3 nitrogen and oxygen atoms in total. The van der Waals surface area contributed by atoms with Gasteiger partial charge in [-0.05, 0) is 49.6 Å². The normalized spacial score (nSPS) is 11.2. The summed E-state index contributed by atoms with van der Waals surface area (Å²) in [5, 5.41) is 0. The standard InChI is InChI=1S/C18H21N3/c1-4-10-21-17-9-8-12(2)11-16(17)20-18(21)14-6-5-7-15(19)13(14)3/h5-9,11H,4,10,19H2,1-3H3. The van der Waals surface area contributed by atoms with Crippen LogP contribution < -0.4 is 5.73 Å². The Bertz CT molecular complexity index is 800. The number of imidazole rings is 1. The minimum atomic E-state index is 0.818. The number of hydrogen-bond acceptors (Lipinski definition) is 2. The van der Waals surface area contributed by atoms with Gasteiger partial charge < -0.3 is 10.3 Å². The Kier molecular flexibility index (Phi) is 3.42. The molecule has 0 saturated carbocycles. The van der Waals surface area contributed by atoms with Gasteiger partial charge in [-0.15, -0.1) is 0 Å². The molecule has 108 valence electrons. The van der Waals surface area contributed by atoms with Crippen molar-refractivity contribution in [1.29, 1.82) is 0 Å². The maximum atomic E-state index is 6.06. The molecule has 0 amide bonds. The van der Waals surface area contributed by atoms with Crippen molar-refractivity contribution in [3.8, 4) is 11.4 Å². The van der Waals surface area contributed by atoms with E-state index in [1.807, 2.05) is 12.1 Å². The largest absolute Gasteiger partial charge is 0.398 e. The van der Waals surface area contributed by atoms with Gasteiger partial charge in [-0.25, -0.2) is 4.98 Å². The number of benzene rings is 2. The van der Waals surface area contributed by atoms with E-state index in [9.17, 15) is 0 Å². The second-order valence-electron chi connectivity index (χ2n) is 5.60. The first-order chi connectivity index (χ1) is 10.1. The molecule has 0 aliphatic rings. The number of nitrogens with zero attached hydrogens (tertiary/aromatic N) is 2. The zero-order chi connectivity index (χ0) is 15.0. The predicted molar refractivity (Wildman–Crippen MR) is 89.3 cm³/mol. The molecule has 1 heterocycles. The summed E-state index contributed by atoms with van der Waals surface area (Å²) >= 11 is 0. The van der Waals surface area contributed by atoms with Crippen LogP contribution in [0.25, 0.3) is 22.4 Å². The van der Waals surface area contributed by atoms with Crippen LogP contribution >= 0.6 is 0 Å². The molecule has 0 radical (unpaired) electrons. The van der Waals surface area contributed by atoms with E-state index in [0.717, 1.165) is 41.1 Å². The monoisotopic (exact) mass is 279 g/mol. The van der Waals surface area contributed by atoms with E-state index < -0.39 is 0 Å². The van der Waals surface area contributed by atoms with E-state index in [1.54, 1.807) is 0 Å². The predicted octanol–water partition coefficient (Wildman–Crippen LogP) is 4.31. The van der Waals surface area contributed by atoms with Crippen molar-refractivity contribution in [3.05, 3.63) is 47.5 Å². The lowest BCUT2D eigenvalue weighted by molar-refractivity contribution is 0.704. The van der Waals surface area contributed by atoms with Gasteiger partial charge in [-0.3, -0.25) is 0 Å². The van der Waals surface area contributed by atoms with Gasteiger partial charge in [0, 0.05) is 17.8 Å². The molecule has 0 saturated heterocycles. The highest BCUT2D eigenvalue weighted by Gasteiger charge is 2.14. The fourth-order valence-electron chi connectivity index (χ4n) is 2.79. The topological polar surface area (TPSA) is 43.8 Å². The fraction of sp³-hybridized carbons (Fsp3) is 0.278. The molecule has 0 spiro atoms. The number of fused-ring (bicyclic) bond motifs is 1. The number of anilines is 1. The Morgan fingerprint density at radius 3 is 2.71 bits per heavy atom. The zero-order valence-electron chi connectivity index (χ0n) is 12.9. The summed E-state index contributed by atoms with van der Waals surface area (Å²) in [6.45, 7) is 7.31. The maximum absolute atomic E-state index is 6.06. The smallest absolute Gasteiger partial charge is 0.141 e. The summed E-state index contributed by atoms with van der Waals surface area (Å²) in [6.07, 6.45) is 1.08. The Balaban J connectivity index is 2.30. The molecule has 3 rings (SSSR count). The second-order valence-corrected chi connectivity index (χ2v) is 5.60. The first-order valence-corrected chi connectivity index (χ1v) is 7.44. The first kappa shape index (κ1) is 13.7. The second kappa shape index (κ2) is 5.24. The van der Waals surface area contributed by atoms with Gasteiger partial charge in [0.15, 0.2) is 0 Å². The molecule has 2 N–H and O–H groups in total. The summed E-state index contributed by atoms with van der Waals surface area (Å²) < 4.78 is 2.30. The summed E-state index contributed by atoms with van der Waals surface area (Å²) in [6, 6.07) is 12.5. The van der Waals surface area contributed by atoms with Gasteiger partial charge in [0.25, 0.3) is 0 Å². The number of aryl methyl sites for hydroxylation is 2. The molecule has 2 aromatic carbocycles. The SMILES string of the molecule is CCCn1c(-c2cccc(N)c2C)nc2cc(C)ccc21. The third-order valence-corrected chi connectivity index (χ3v) is 3.97. The Hall–Kier alpha value is -2.29. The lowest BCUT2D eigenvalue weighted by Crippen LogP contribution is -2.02. The highest BCUT2D eigenvalue weighted by molar-refractivity contribution is 5.82. The third kappa shape index (κ3) is 2.29. The van der Waals surface area contributed by atoms with E-state index >= 15 is 0 Å². The number of aromatic nitrogens is 2. The van der Waals surface area contributed by atoms with Crippen molar-refractivity contribution in [1.82, 2.24) is 9.55 Å². The Morgan fingerprint density at radius 1 is 1.14 bits per heavy atom. The van der Waals surface area contributed by atoms with Crippen molar-refractivity contribution in [3.63, 3.8) is 0 Å². The van der Waals surface area contributed by atoms with Crippen molar-refractivity contribution in [2.24, 2.45) is 0 Å². The van der Waals surface area contributed by atoms with E-state index in [0.29, 0.717) is 0 Å². The average molecular weight is 279 g/mol. The molecule has 21 heavy (non-hydrogen) atoms. The minimum absolute atomic E-state index is 0.818. The lowest BCUT2D eigenvalue weighted by Gasteiger charge is -2.11. The van der Waals surface area contributed by atoms with Crippen molar-refractivity contribution >= 4 is 16.7 Å². The number of hydrogen-bond donors (Lipinski definition) is 1. The van der Waals surface area contributed by atoms with E-state index in [2.05, 4.69) is 49.6 Å². The van der Waals surface area contributed by atoms with Crippen LogP contribution in [-0.2, 0) is 6.54 Å². The van der Waals surface area contributed by atoms with Gasteiger partial charge >= 0.3 is 0 Å². The van der Waals surface area contributed by atoms with Crippen LogP contribution in [0.1, 0.15) is 24.5 Å². The van der Waals surface area contributed by atoms with Crippen LogP contribution in [0.4, 0.5) is 5.69 Å². The van der Waals surface area contributed by atoms with Crippen molar-refractivity contribution in [2.45, 2.75) is 33.7 Å². The zero-order valence-corrected chi connectivity index (χ0v) is 12.9. The highest BCUT2D eigenvalue weighted by Crippen LogP contribution is 2.30. The van der Waals surface area contributed by atoms with Crippen LogP contribution in [0.15, 0.2) is 36.4 Å². The van der Waals surface area contributed by atoms with Crippen LogP contribution in [0, 0.1) is 13.8 Å². The summed E-state index contributed by atoms with van der Waals surface area (Å²) in [4.78, 5) is 4.87. The number of nitrogens with two attached hydrogens (primary N) is 1. The van der Waals surface area contributed by atoms with Gasteiger partial charge in [-0.2, -0.15) is 0 Å². The average Bonchev–Trinajstić information content (AvgIpc) is 2.80. The van der Waals surface area contributed by atoms with Crippen LogP contribution in [0.2, 0.25) is 0 Å². The van der Waals surface area contributed by atoms with E-state index in [-0.39, 0.29) is 0 Å². The quantitative estimate of drug-likeness (QED) is 0.726.